The zero-order valence-corrected chi connectivity index (χ0v) is 9.67. The van der Waals surface area contributed by atoms with E-state index in [1.807, 2.05) is 24.0 Å². The summed E-state index contributed by atoms with van der Waals surface area (Å²) in [5, 5.41) is 11.4. The summed E-state index contributed by atoms with van der Waals surface area (Å²) in [4.78, 5) is 8.64. The fourth-order valence-corrected chi connectivity index (χ4v) is 2.05. The summed E-state index contributed by atoms with van der Waals surface area (Å²) in [6.45, 7) is 3.93. The van der Waals surface area contributed by atoms with Crippen molar-refractivity contribution >= 4 is 0 Å². The second-order valence-corrected chi connectivity index (χ2v) is 4.29. The van der Waals surface area contributed by atoms with Gasteiger partial charge in [0.25, 0.3) is 0 Å². The molecular weight excluding hydrogens is 216 g/mol. The highest BCUT2D eigenvalue weighted by atomic mass is 15.4. The van der Waals surface area contributed by atoms with Gasteiger partial charge in [0.15, 0.2) is 5.82 Å². The van der Waals surface area contributed by atoms with E-state index >= 15 is 0 Å². The second kappa shape index (κ2) is 4.21. The van der Waals surface area contributed by atoms with Crippen molar-refractivity contribution in [1.82, 2.24) is 30.3 Å². The number of aromatic nitrogens is 5. The summed E-state index contributed by atoms with van der Waals surface area (Å²) >= 11 is 0. The first-order valence-corrected chi connectivity index (χ1v) is 5.74. The monoisotopic (exact) mass is 230 g/mol. The molecule has 2 aromatic rings. The molecule has 1 unspecified atom stereocenters. The Morgan fingerprint density at radius 1 is 1.29 bits per heavy atom. The second-order valence-electron chi connectivity index (χ2n) is 4.29. The van der Waals surface area contributed by atoms with Gasteiger partial charge in [-0.25, -0.2) is 14.6 Å². The Balaban J connectivity index is 1.97. The van der Waals surface area contributed by atoms with Crippen LogP contribution in [0.2, 0.25) is 0 Å². The van der Waals surface area contributed by atoms with Crippen LogP contribution in [0.15, 0.2) is 18.6 Å². The van der Waals surface area contributed by atoms with Gasteiger partial charge in [-0.3, -0.25) is 0 Å². The van der Waals surface area contributed by atoms with Crippen LogP contribution in [0.5, 0.6) is 0 Å². The lowest BCUT2D eigenvalue weighted by Gasteiger charge is -2.11. The van der Waals surface area contributed by atoms with Gasteiger partial charge in [0, 0.05) is 18.9 Å². The molecule has 1 aliphatic rings. The Hall–Kier alpha value is -1.82. The van der Waals surface area contributed by atoms with Crippen LogP contribution in [0.25, 0.3) is 11.5 Å². The lowest BCUT2D eigenvalue weighted by molar-refractivity contribution is 0.479. The van der Waals surface area contributed by atoms with E-state index in [9.17, 15) is 0 Å². The van der Waals surface area contributed by atoms with Gasteiger partial charge in [0.1, 0.15) is 5.69 Å². The number of nitrogens with zero attached hydrogens (tertiary/aromatic N) is 5. The van der Waals surface area contributed by atoms with Crippen molar-refractivity contribution in [3.05, 3.63) is 24.2 Å². The standard InChI is InChI=1S/C11H14N6/c1-8-4-13-11(14-5-8)10-7-15-16-17(10)9-2-3-12-6-9/h4-5,7,9,12H,2-3,6H2,1H3. The van der Waals surface area contributed by atoms with E-state index in [0.29, 0.717) is 11.9 Å². The Bertz CT molecular complexity index is 497. The highest BCUT2D eigenvalue weighted by Gasteiger charge is 2.21. The van der Waals surface area contributed by atoms with Crippen molar-refractivity contribution in [2.24, 2.45) is 0 Å². The maximum Gasteiger partial charge on any atom is 0.179 e. The summed E-state index contributed by atoms with van der Waals surface area (Å²) in [5.74, 6) is 0.688. The zero-order valence-electron chi connectivity index (χ0n) is 9.67. The number of rotatable bonds is 2. The summed E-state index contributed by atoms with van der Waals surface area (Å²) in [7, 11) is 0. The molecule has 0 aliphatic carbocycles. The molecule has 0 spiro atoms. The van der Waals surface area contributed by atoms with E-state index in [2.05, 4.69) is 25.6 Å². The normalized spacial score (nSPS) is 19.7. The first kappa shape index (κ1) is 10.3. The van der Waals surface area contributed by atoms with Crippen LogP contribution in [-0.2, 0) is 0 Å². The molecule has 6 nitrogen and oxygen atoms in total. The fourth-order valence-electron chi connectivity index (χ4n) is 2.05. The third-order valence-corrected chi connectivity index (χ3v) is 2.97. The first-order valence-electron chi connectivity index (χ1n) is 5.74. The summed E-state index contributed by atoms with van der Waals surface area (Å²) in [6.07, 6.45) is 6.42. The zero-order chi connectivity index (χ0) is 11.7. The van der Waals surface area contributed by atoms with Crippen molar-refractivity contribution in [1.29, 1.82) is 0 Å². The van der Waals surface area contributed by atoms with Crippen LogP contribution in [0.4, 0.5) is 0 Å². The quantitative estimate of drug-likeness (QED) is 0.817. The van der Waals surface area contributed by atoms with Gasteiger partial charge >= 0.3 is 0 Å². The first-order chi connectivity index (χ1) is 8.34. The van der Waals surface area contributed by atoms with Crippen molar-refractivity contribution in [3.8, 4) is 11.5 Å². The van der Waals surface area contributed by atoms with E-state index in [-0.39, 0.29) is 0 Å². The molecule has 17 heavy (non-hydrogen) atoms. The third kappa shape index (κ3) is 1.91. The Morgan fingerprint density at radius 2 is 2.12 bits per heavy atom. The number of hydrogen-bond acceptors (Lipinski definition) is 5. The smallest absolute Gasteiger partial charge is 0.179 e. The molecule has 1 aliphatic heterocycles. The van der Waals surface area contributed by atoms with Crippen LogP contribution < -0.4 is 5.32 Å². The molecule has 0 radical (unpaired) electrons. The minimum atomic E-state index is 0.359. The van der Waals surface area contributed by atoms with Crippen LogP contribution in [0.1, 0.15) is 18.0 Å². The molecule has 1 N–H and O–H groups in total. The van der Waals surface area contributed by atoms with E-state index in [1.165, 1.54) is 0 Å². The highest BCUT2D eigenvalue weighted by Crippen LogP contribution is 2.21. The fraction of sp³-hybridized carbons (Fsp3) is 0.455. The van der Waals surface area contributed by atoms with Crippen LogP contribution in [0.3, 0.4) is 0 Å². The lowest BCUT2D eigenvalue weighted by atomic mass is 10.2. The topological polar surface area (TPSA) is 68.5 Å². The predicted molar refractivity (Wildman–Crippen MR) is 62.3 cm³/mol. The van der Waals surface area contributed by atoms with Crippen molar-refractivity contribution in [2.45, 2.75) is 19.4 Å². The molecular formula is C11H14N6. The Labute approximate surface area is 99.1 Å². The van der Waals surface area contributed by atoms with E-state index in [1.54, 1.807) is 6.20 Å². The maximum atomic E-state index is 4.32. The van der Waals surface area contributed by atoms with E-state index < -0.39 is 0 Å². The van der Waals surface area contributed by atoms with Gasteiger partial charge in [-0.05, 0) is 25.5 Å². The number of hydrogen-bond donors (Lipinski definition) is 1. The average molecular weight is 230 g/mol. The average Bonchev–Trinajstić information content (AvgIpc) is 3.00. The molecule has 88 valence electrons. The molecule has 0 amide bonds. The minimum absolute atomic E-state index is 0.359. The van der Waals surface area contributed by atoms with Crippen LogP contribution in [-0.4, -0.2) is 38.1 Å². The van der Waals surface area contributed by atoms with Crippen molar-refractivity contribution in [2.75, 3.05) is 13.1 Å². The van der Waals surface area contributed by atoms with Gasteiger partial charge in [-0.15, -0.1) is 5.10 Å². The van der Waals surface area contributed by atoms with Gasteiger partial charge in [0.2, 0.25) is 0 Å². The molecule has 3 heterocycles. The molecule has 6 heteroatoms. The molecule has 0 aromatic carbocycles. The van der Waals surface area contributed by atoms with Gasteiger partial charge in [-0.1, -0.05) is 5.21 Å². The van der Waals surface area contributed by atoms with E-state index in [4.69, 9.17) is 0 Å². The molecule has 3 rings (SSSR count). The van der Waals surface area contributed by atoms with Crippen molar-refractivity contribution < 1.29 is 0 Å². The summed E-state index contributed by atoms with van der Waals surface area (Å²) < 4.78 is 1.92. The number of aryl methyl sites for hydroxylation is 1. The van der Waals surface area contributed by atoms with Crippen LogP contribution in [0, 0.1) is 6.92 Å². The SMILES string of the molecule is Cc1cnc(-c2cnnn2C2CCNC2)nc1. The van der Waals surface area contributed by atoms with Gasteiger partial charge in [-0.2, -0.15) is 0 Å². The number of nitrogens with one attached hydrogen (secondary N) is 1. The molecule has 1 fully saturated rings. The predicted octanol–water partition coefficient (Wildman–Crippen LogP) is 0.578. The Morgan fingerprint density at radius 3 is 2.82 bits per heavy atom. The molecule has 2 aromatic heterocycles. The Kier molecular flexibility index (Phi) is 2.56. The van der Waals surface area contributed by atoms with Crippen LogP contribution >= 0.6 is 0 Å². The lowest BCUT2D eigenvalue weighted by Crippen LogP contribution is -2.16. The van der Waals surface area contributed by atoms with Crippen molar-refractivity contribution in [3.63, 3.8) is 0 Å². The molecule has 0 saturated carbocycles. The van der Waals surface area contributed by atoms with E-state index in [0.717, 1.165) is 30.8 Å². The minimum Gasteiger partial charge on any atom is -0.315 e. The third-order valence-electron chi connectivity index (χ3n) is 2.97. The highest BCUT2D eigenvalue weighted by molar-refractivity contribution is 5.47. The van der Waals surface area contributed by atoms with Gasteiger partial charge < -0.3 is 5.32 Å². The maximum absolute atomic E-state index is 4.32. The van der Waals surface area contributed by atoms with Gasteiger partial charge in [0.05, 0.1) is 12.2 Å². The molecule has 1 atom stereocenters. The molecule has 0 bridgehead atoms. The largest absolute Gasteiger partial charge is 0.315 e. The summed E-state index contributed by atoms with van der Waals surface area (Å²) in [6, 6.07) is 0.359. The molecule has 1 saturated heterocycles. The summed E-state index contributed by atoms with van der Waals surface area (Å²) in [5.41, 5.74) is 1.94.